The maximum atomic E-state index is 12.1. The van der Waals surface area contributed by atoms with Crippen LogP contribution >= 0.6 is 0 Å². The summed E-state index contributed by atoms with van der Waals surface area (Å²) >= 11 is 0. The van der Waals surface area contributed by atoms with Crippen molar-refractivity contribution in [3.05, 3.63) is 0 Å². The highest BCUT2D eigenvalue weighted by Gasteiger charge is 2.27. The minimum Gasteiger partial charge on any atom is -0.341 e. The van der Waals surface area contributed by atoms with E-state index in [1.54, 1.807) is 0 Å². The van der Waals surface area contributed by atoms with Crippen LogP contribution in [0.1, 0.15) is 45.4 Å². The molecule has 2 rings (SSSR count). The Balaban J connectivity index is 1.70. The van der Waals surface area contributed by atoms with Crippen LogP contribution in [0.5, 0.6) is 0 Å². The van der Waals surface area contributed by atoms with Gasteiger partial charge in [0.1, 0.15) is 0 Å². The average molecular weight is 267 g/mol. The van der Waals surface area contributed by atoms with E-state index in [0.717, 1.165) is 44.7 Å². The Morgan fingerprint density at radius 1 is 1.21 bits per heavy atom. The molecule has 2 saturated heterocycles. The SMILES string of the molecule is CCC[C@@H](N)C(=O)N1CCC(CN2CCCC2)CC1. The molecule has 4 nitrogen and oxygen atoms in total. The van der Waals surface area contributed by atoms with Gasteiger partial charge in [-0.1, -0.05) is 13.3 Å². The van der Waals surface area contributed by atoms with Gasteiger partial charge in [-0.25, -0.2) is 0 Å². The molecule has 2 heterocycles. The van der Waals surface area contributed by atoms with Crippen LogP contribution in [0.15, 0.2) is 0 Å². The van der Waals surface area contributed by atoms with Crippen LogP contribution in [0.25, 0.3) is 0 Å². The topological polar surface area (TPSA) is 49.6 Å². The van der Waals surface area contributed by atoms with Gasteiger partial charge in [0, 0.05) is 19.6 Å². The fourth-order valence-electron chi connectivity index (χ4n) is 3.34. The first-order chi connectivity index (χ1) is 9.20. The van der Waals surface area contributed by atoms with Gasteiger partial charge in [-0.05, 0) is 51.1 Å². The number of hydrogen-bond donors (Lipinski definition) is 1. The third kappa shape index (κ3) is 4.18. The van der Waals surface area contributed by atoms with Gasteiger partial charge in [0.25, 0.3) is 0 Å². The van der Waals surface area contributed by atoms with E-state index in [2.05, 4.69) is 11.8 Å². The molecule has 4 heteroatoms. The molecule has 2 aliphatic heterocycles. The van der Waals surface area contributed by atoms with Crippen LogP contribution in [0.2, 0.25) is 0 Å². The molecule has 0 saturated carbocycles. The van der Waals surface area contributed by atoms with Crippen LogP contribution in [0, 0.1) is 5.92 Å². The van der Waals surface area contributed by atoms with E-state index in [4.69, 9.17) is 5.73 Å². The van der Waals surface area contributed by atoms with E-state index in [1.165, 1.54) is 32.5 Å². The summed E-state index contributed by atoms with van der Waals surface area (Å²) in [7, 11) is 0. The first kappa shape index (κ1) is 14.8. The van der Waals surface area contributed by atoms with Gasteiger partial charge in [0.05, 0.1) is 6.04 Å². The molecule has 0 aliphatic carbocycles. The number of nitrogens with two attached hydrogens (primary N) is 1. The quantitative estimate of drug-likeness (QED) is 0.820. The van der Waals surface area contributed by atoms with E-state index in [9.17, 15) is 4.79 Å². The second-order valence-corrected chi connectivity index (χ2v) is 6.17. The van der Waals surface area contributed by atoms with Gasteiger partial charge in [0.15, 0.2) is 0 Å². The second-order valence-electron chi connectivity index (χ2n) is 6.17. The Hall–Kier alpha value is -0.610. The number of nitrogens with zero attached hydrogens (tertiary/aromatic N) is 2. The molecule has 0 aromatic heterocycles. The zero-order valence-corrected chi connectivity index (χ0v) is 12.3. The lowest BCUT2D eigenvalue weighted by Gasteiger charge is -2.35. The fraction of sp³-hybridized carbons (Fsp3) is 0.933. The monoisotopic (exact) mass is 267 g/mol. The summed E-state index contributed by atoms with van der Waals surface area (Å²) in [6.07, 6.45) is 6.83. The summed E-state index contributed by atoms with van der Waals surface area (Å²) < 4.78 is 0. The summed E-state index contributed by atoms with van der Waals surface area (Å²) in [6, 6.07) is -0.278. The summed E-state index contributed by atoms with van der Waals surface area (Å²) in [5, 5.41) is 0. The molecule has 0 aromatic carbocycles. The van der Waals surface area contributed by atoms with Gasteiger partial charge in [-0.3, -0.25) is 4.79 Å². The minimum absolute atomic E-state index is 0.168. The smallest absolute Gasteiger partial charge is 0.239 e. The predicted octanol–water partition coefficient (Wildman–Crippen LogP) is 1.45. The minimum atomic E-state index is -0.278. The molecule has 0 spiro atoms. The summed E-state index contributed by atoms with van der Waals surface area (Å²) in [6.45, 7) is 7.70. The van der Waals surface area contributed by atoms with Gasteiger partial charge in [0.2, 0.25) is 5.91 Å². The molecule has 1 amide bonds. The summed E-state index contributed by atoms with van der Waals surface area (Å²) in [5.74, 6) is 0.950. The number of piperidine rings is 1. The summed E-state index contributed by atoms with van der Waals surface area (Å²) in [4.78, 5) is 16.7. The Labute approximate surface area is 117 Å². The highest BCUT2D eigenvalue weighted by Crippen LogP contribution is 2.21. The van der Waals surface area contributed by atoms with Crippen molar-refractivity contribution in [1.82, 2.24) is 9.80 Å². The molecule has 2 N–H and O–H groups in total. The second kappa shape index (κ2) is 7.25. The molecule has 110 valence electrons. The average Bonchev–Trinajstić information content (AvgIpc) is 2.92. The Morgan fingerprint density at radius 2 is 1.84 bits per heavy atom. The number of amides is 1. The molecule has 19 heavy (non-hydrogen) atoms. The van der Waals surface area contributed by atoms with Crippen LogP contribution < -0.4 is 5.73 Å². The van der Waals surface area contributed by atoms with Crippen molar-refractivity contribution in [2.75, 3.05) is 32.7 Å². The number of hydrogen-bond acceptors (Lipinski definition) is 3. The van der Waals surface area contributed by atoms with Crippen LogP contribution in [0.4, 0.5) is 0 Å². The normalized spacial score (nSPS) is 23.8. The maximum Gasteiger partial charge on any atom is 0.239 e. The molecule has 0 unspecified atom stereocenters. The van der Waals surface area contributed by atoms with Crippen molar-refractivity contribution in [3.63, 3.8) is 0 Å². The van der Waals surface area contributed by atoms with Crippen molar-refractivity contribution < 1.29 is 4.79 Å². The first-order valence-corrected chi connectivity index (χ1v) is 7.97. The fourth-order valence-corrected chi connectivity index (χ4v) is 3.34. The Morgan fingerprint density at radius 3 is 2.42 bits per heavy atom. The molecule has 1 atom stereocenters. The van der Waals surface area contributed by atoms with Crippen molar-refractivity contribution >= 4 is 5.91 Å². The van der Waals surface area contributed by atoms with Crippen LogP contribution in [-0.4, -0.2) is 54.5 Å². The number of rotatable bonds is 5. The molecule has 2 aliphatic rings. The lowest BCUT2D eigenvalue weighted by Crippen LogP contribution is -2.48. The standard InChI is InChI=1S/C15H29N3O/c1-2-5-14(16)15(19)18-10-6-13(7-11-18)12-17-8-3-4-9-17/h13-14H,2-12,16H2,1H3/t14-/m1/s1. The number of likely N-dealkylation sites (tertiary alicyclic amines) is 2. The highest BCUT2D eigenvalue weighted by molar-refractivity contribution is 5.81. The van der Waals surface area contributed by atoms with Crippen LogP contribution in [-0.2, 0) is 4.79 Å². The zero-order valence-electron chi connectivity index (χ0n) is 12.3. The third-order valence-electron chi connectivity index (χ3n) is 4.56. The molecule has 0 bridgehead atoms. The van der Waals surface area contributed by atoms with E-state index in [1.807, 2.05) is 4.90 Å². The van der Waals surface area contributed by atoms with E-state index in [0.29, 0.717) is 0 Å². The maximum absolute atomic E-state index is 12.1. The predicted molar refractivity (Wildman–Crippen MR) is 77.9 cm³/mol. The van der Waals surface area contributed by atoms with Gasteiger partial charge >= 0.3 is 0 Å². The summed E-state index contributed by atoms with van der Waals surface area (Å²) in [5.41, 5.74) is 5.93. The van der Waals surface area contributed by atoms with Crippen molar-refractivity contribution in [1.29, 1.82) is 0 Å². The van der Waals surface area contributed by atoms with Gasteiger partial charge < -0.3 is 15.5 Å². The largest absolute Gasteiger partial charge is 0.341 e. The van der Waals surface area contributed by atoms with E-state index < -0.39 is 0 Å². The number of carbonyl (C=O) groups excluding carboxylic acids is 1. The van der Waals surface area contributed by atoms with Crippen molar-refractivity contribution in [2.45, 2.75) is 51.5 Å². The highest BCUT2D eigenvalue weighted by atomic mass is 16.2. The zero-order chi connectivity index (χ0) is 13.7. The molecular formula is C15H29N3O. The lowest BCUT2D eigenvalue weighted by molar-refractivity contribution is -0.134. The van der Waals surface area contributed by atoms with Crippen molar-refractivity contribution in [3.8, 4) is 0 Å². The van der Waals surface area contributed by atoms with Gasteiger partial charge in [-0.15, -0.1) is 0 Å². The van der Waals surface area contributed by atoms with Gasteiger partial charge in [-0.2, -0.15) is 0 Å². The Bertz CT molecular complexity index is 281. The number of carbonyl (C=O) groups is 1. The molecule has 0 aromatic rings. The Kier molecular flexibility index (Phi) is 5.64. The molecule has 0 radical (unpaired) electrons. The molecule has 2 fully saturated rings. The van der Waals surface area contributed by atoms with E-state index in [-0.39, 0.29) is 11.9 Å². The van der Waals surface area contributed by atoms with E-state index >= 15 is 0 Å². The molecular weight excluding hydrogens is 238 g/mol. The van der Waals surface area contributed by atoms with Crippen molar-refractivity contribution in [2.24, 2.45) is 11.7 Å². The first-order valence-electron chi connectivity index (χ1n) is 7.97. The third-order valence-corrected chi connectivity index (χ3v) is 4.56. The lowest BCUT2D eigenvalue weighted by atomic mass is 9.95. The van der Waals surface area contributed by atoms with Crippen LogP contribution in [0.3, 0.4) is 0 Å².